The molecule has 0 nitrogen and oxygen atoms in total. The van der Waals surface area contributed by atoms with Gasteiger partial charge in [-0.2, -0.15) is 0 Å². The van der Waals surface area contributed by atoms with Crippen LogP contribution >= 0.6 is 0 Å². The molecule has 0 aromatic heterocycles. The number of rotatable bonds is 6. The van der Waals surface area contributed by atoms with E-state index >= 15 is 0 Å². The van der Waals surface area contributed by atoms with E-state index in [1.807, 2.05) is 27.7 Å². The van der Waals surface area contributed by atoms with E-state index in [-0.39, 0.29) is 5.41 Å². The van der Waals surface area contributed by atoms with Gasteiger partial charge in [0, 0.05) is 5.41 Å². The van der Waals surface area contributed by atoms with Crippen LogP contribution in [0.1, 0.15) is 78.4 Å². The Morgan fingerprint density at radius 3 is 1.02 bits per heavy atom. The third-order valence-electron chi connectivity index (χ3n) is 11.5. The van der Waals surface area contributed by atoms with E-state index in [0.29, 0.717) is 11.8 Å². The zero-order valence-electron chi connectivity index (χ0n) is 31.6. The second-order valence-electron chi connectivity index (χ2n) is 14.4. The summed E-state index contributed by atoms with van der Waals surface area (Å²) in [6.45, 7) is 13.0. The van der Waals surface area contributed by atoms with Crippen molar-refractivity contribution in [3.63, 3.8) is 0 Å². The molecule has 0 heteroatoms. The first-order valence-electron chi connectivity index (χ1n) is 19.6. The van der Waals surface area contributed by atoms with Gasteiger partial charge in [-0.3, -0.25) is 0 Å². The average Bonchev–Trinajstić information content (AvgIpc) is 3.21. The molecule has 2 fully saturated rings. The maximum Gasteiger partial charge on any atom is 0.0256 e. The Balaban J connectivity index is 0.00000108. The smallest absolute Gasteiger partial charge is 0.0256 e. The molecule has 51 heavy (non-hydrogen) atoms. The molecule has 4 atom stereocenters. The Morgan fingerprint density at radius 2 is 0.667 bits per heavy atom. The summed E-state index contributed by atoms with van der Waals surface area (Å²) >= 11 is 0. The molecule has 6 aromatic rings. The van der Waals surface area contributed by atoms with Crippen LogP contribution in [0, 0.1) is 23.7 Å². The summed E-state index contributed by atoms with van der Waals surface area (Å²) < 4.78 is 0. The van der Waals surface area contributed by atoms with Gasteiger partial charge in [0.2, 0.25) is 0 Å². The van der Waals surface area contributed by atoms with E-state index in [9.17, 15) is 0 Å². The molecule has 6 aromatic carbocycles. The quantitative estimate of drug-likeness (QED) is 0.166. The Kier molecular flexibility index (Phi) is 11.7. The Hall–Kier alpha value is -4.68. The molecule has 0 aliphatic heterocycles. The van der Waals surface area contributed by atoms with Crippen molar-refractivity contribution in [1.82, 2.24) is 0 Å². The van der Waals surface area contributed by atoms with Crippen LogP contribution in [0.2, 0.25) is 0 Å². The molecular formula is C51H56. The van der Waals surface area contributed by atoms with Gasteiger partial charge in [0.25, 0.3) is 0 Å². The van der Waals surface area contributed by atoms with Gasteiger partial charge in [-0.1, -0.05) is 199 Å². The van der Waals surface area contributed by atoms with Crippen LogP contribution in [-0.4, -0.2) is 0 Å². The molecule has 0 saturated heterocycles. The number of fused-ring (bicyclic) bond motifs is 2. The predicted octanol–water partition coefficient (Wildman–Crippen LogP) is 14.8. The highest BCUT2D eigenvalue weighted by atomic mass is 14.6. The molecule has 2 saturated carbocycles. The van der Waals surface area contributed by atoms with Crippen molar-refractivity contribution >= 4 is 0 Å². The van der Waals surface area contributed by atoms with Crippen LogP contribution in [0.5, 0.6) is 0 Å². The summed E-state index contributed by atoms with van der Waals surface area (Å²) in [5.74, 6) is 2.89. The summed E-state index contributed by atoms with van der Waals surface area (Å²) in [5, 5.41) is 0. The van der Waals surface area contributed by atoms with Gasteiger partial charge in [0.05, 0.1) is 0 Å². The van der Waals surface area contributed by atoms with Crippen molar-refractivity contribution in [2.24, 2.45) is 23.7 Å². The molecule has 4 unspecified atom stereocenters. The molecular weight excluding hydrogens is 613 g/mol. The lowest BCUT2D eigenvalue weighted by atomic mass is 9.48. The van der Waals surface area contributed by atoms with Gasteiger partial charge in [-0.05, 0) is 105 Å². The van der Waals surface area contributed by atoms with E-state index in [2.05, 4.69) is 172 Å². The minimum atomic E-state index is 0.0244. The first-order chi connectivity index (χ1) is 25.1. The van der Waals surface area contributed by atoms with Crippen molar-refractivity contribution in [3.8, 4) is 44.5 Å². The van der Waals surface area contributed by atoms with E-state index in [4.69, 9.17) is 0 Å². The topological polar surface area (TPSA) is 0 Å². The van der Waals surface area contributed by atoms with Gasteiger partial charge >= 0.3 is 0 Å². The van der Waals surface area contributed by atoms with E-state index in [1.165, 1.54) is 81.3 Å². The third-order valence-corrected chi connectivity index (χ3v) is 11.5. The minimum absolute atomic E-state index is 0.0244. The third kappa shape index (κ3) is 7.38. The maximum absolute atomic E-state index is 2.54. The lowest BCUT2D eigenvalue weighted by Crippen LogP contribution is -2.50. The van der Waals surface area contributed by atoms with Crippen molar-refractivity contribution in [2.45, 2.75) is 72.6 Å². The highest BCUT2D eigenvalue weighted by Gasteiger charge is 2.52. The van der Waals surface area contributed by atoms with E-state index in [0.717, 1.165) is 11.8 Å². The van der Waals surface area contributed by atoms with Crippen LogP contribution in [0.15, 0.2) is 158 Å². The van der Waals surface area contributed by atoms with E-state index < -0.39 is 0 Å². The number of hydrogen-bond donors (Lipinski definition) is 0. The number of benzene rings is 6. The molecule has 0 amide bonds. The molecule has 2 aliphatic carbocycles. The molecule has 0 radical (unpaired) electrons. The van der Waals surface area contributed by atoms with Crippen molar-refractivity contribution in [3.05, 3.63) is 169 Å². The second-order valence-corrected chi connectivity index (χ2v) is 14.4. The van der Waals surface area contributed by atoms with Gasteiger partial charge in [-0.15, -0.1) is 0 Å². The summed E-state index contributed by atoms with van der Waals surface area (Å²) in [5.41, 5.74) is 13.2. The fraction of sp³-hybridized carbons (Fsp3) is 0.294. The monoisotopic (exact) mass is 668 g/mol. The zero-order valence-corrected chi connectivity index (χ0v) is 31.6. The van der Waals surface area contributed by atoms with Crippen LogP contribution in [0.3, 0.4) is 0 Å². The predicted molar refractivity (Wildman–Crippen MR) is 222 cm³/mol. The Bertz CT molecular complexity index is 1780. The maximum atomic E-state index is 2.54. The molecule has 260 valence electrons. The normalized spacial score (nSPS) is 20.2. The standard InChI is InChI=1S/C47H44.2C2H6/c1-33-29-35-31-34(2)47(46(30-33)32-35,44-25-21-42(22-26-44)40-17-13-38(14-18-40)36-9-5-3-6-10-36)45-27-23-43(24-28-45)41-19-15-39(16-20-41)37-11-7-4-8-12-37;2*1-2/h3-28,33-35,46H,29-32H2,1-2H3;2*1-2H3. The van der Waals surface area contributed by atoms with Crippen LogP contribution in [0.25, 0.3) is 44.5 Å². The molecule has 0 heterocycles. The minimum Gasteiger partial charge on any atom is -0.0683 e. The largest absolute Gasteiger partial charge is 0.0683 e. The molecule has 0 N–H and O–H groups in total. The number of hydrogen-bond acceptors (Lipinski definition) is 0. The molecule has 2 bridgehead atoms. The highest BCUT2D eigenvalue weighted by molar-refractivity contribution is 5.72. The molecule has 2 aliphatic rings. The SMILES string of the molecule is CC.CC.CC1CC2CC(C)C(c3ccc(-c4ccc(-c5ccccc5)cc4)cc3)(c3ccc(-c4ccc(-c5ccccc5)cc4)cc3)C(C1)C2. The van der Waals surface area contributed by atoms with Gasteiger partial charge in [0.1, 0.15) is 0 Å². The summed E-state index contributed by atoms with van der Waals surface area (Å²) in [4.78, 5) is 0. The van der Waals surface area contributed by atoms with Gasteiger partial charge < -0.3 is 0 Å². The molecule has 0 spiro atoms. The highest BCUT2D eigenvalue weighted by Crippen LogP contribution is 2.59. The lowest BCUT2D eigenvalue weighted by molar-refractivity contribution is 0.0402. The van der Waals surface area contributed by atoms with Crippen LogP contribution < -0.4 is 0 Å². The van der Waals surface area contributed by atoms with Gasteiger partial charge in [-0.25, -0.2) is 0 Å². The van der Waals surface area contributed by atoms with Crippen molar-refractivity contribution in [2.75, 3.05) is 0 Å². The summed E-state index contributed by atoms with van der Waals surface area (Å²) in [6, 6.07) is 58.8. The Morgan fingerprint density at radius 1 is 0.353 bits per heavy atom. The first kappa shape index (κ1) is 36.1. The van der Waals surface area contributed by atoms with Crippen molar-refractivity contribution in [1.29, 1.82) is 0 Å². The van der Waals surface area contributed by atoms with Crippen LogP contribution in [-0.2, 0) is 5.41 Å². The average molecular weight is 669 g/mol. The second kappa shape index (κ2) is 16.6. The fourth-order valence-corrected chi connectivity index (χ4v) is 9.45. The van der Waals surface area contributed by atoms with E-state index in [1.54, 1.807) is 0 Å². The fourth-order valence-electron chi connectivity index (χ4n) is 9.45. The summed E-state index contributed by atoms with van der Waals surface area (Å²) in [6.07, 6.45) is 5.37. The lowest BCUT2D eigenvalue weighted by Gasteiger charge is -2.55. The van der Waals surface area contributed by atoms with Crippen molar-refractivity contribution < 1.29 is 0 Å². The summed E-state index contributed by atoms with van der Waals surface area (Å²) in [7, 11) is 0. The zero-order chi connectivity index (χ0) is 35.8. The van der Waals surface area contributed by atoms with Crippen LogP contribution in [0.4, 0.5) is 0 Å². The Labute approximate surface area is 308 Å². The first-order valence-corrected chi connectivity index (χ1v) is 19.6. The molecule has 8 rings (SSSR count). The van der Waals surface area contributed by atoms with Gasteiger partial charge in [0.15, 0.2) is 0 Å².